The van der Waals surface area contributed by atoms with Gasteiger partial charge >= 0.3 is 0 Å². The van der Waals surface area contributed by atoms with Crippen LogP contribution in [-0.4, -0.2) is 24.7 Å². The van der Waals surface area contributed by atoms with Crippen molar-refractivity contribution in [3.63, 3.8) is 0 Å². The van der Waals surface area contributed by atoms with Crippen LogP contribution in [0.4, 0.5) is 11.4 Å². The molecule has 0 bridgehead atoms. The van der Waals surface area contributed by atoms with Gasteiger partial charge in [0.05, 0.1) is 11.4 Å². The Labute approximate surface area is 128 Å². The molecule has 0 saturated carbocycles. The molecule has 3 N–H and O–H groups in total. The lowest BCUT2D eigenvalue weighted by Gasteiger charge is -2.33. The van der Waals surface area contributed by atoms with Gasteiger partial charge in [-0.3, -0.25) is 10.2 Å². The van der Waals surface area contributed by atoms with Gasteiger partial charge in [0.25, 0.3) is 0 Å². The maximum atomic E-state index is 11.2. The van der Waals surface area contributed by atoms with Gasteiger partial charge in [0.1, 0.15) is 12.1 Å². The Hall–Kier alpha value is -3.06. The Morgan fingerprint density at radius 2 is 1.91 bits per heavy atom. The average Bonchev–Trinajstić information content (AvgIpc) is 2.56. The number of carbonyl (C=O) groups excluding carboxylic acids is 1. The Kier molecular flexibility index (Phi) is 4.94. The van der Waals surface area contributed by atoms with Crippen LogP contribution in [0.3, 0.4) is 0 Å². The lowest BCUT2D eigenvalue weighted by Crippen LogP contribution is -2.38. The third kappa shape index (κ3) is 3.53. The highest BCUT2D eigenvalue weighted by molar-refractivity contribution is 6.10. The third-order valence-electron chi connectivity index (χ3n) is 3.64. The molecular weight excluding hydrogens is 280 g/mol. The van der Waals surface area contributed by atoms with E-state index in [2.05, 4.69) is 15.4 Å². The summed E-state index contributed by atoms with van der Waals surface area (Å²) in [6, 6.07) is 10.9. The SMILES string of the molecule is N#CC(C#N)=NNc1ccccc1N1CCC(C(N)=O)CC1. The van der Waals surface area contributed by atoms with Crippen molar-refractivity contribution >= 4 is 23.0 Å². The smallest absolute Gasteiger partial charge is 0.237 e. The van der Waals surface area contributed by atoms with Gasteiger partial charge in [-0.1, -0.05) is 12.1 Å². The van der Waals surface area contributed by atoms with Crippen LogP contribution in [0.1, 0.15) is 12.8 Å². The molecule has 1 aromatic rings. The molecule has 1 fully saturated rings. The number of carbonyl (C=O) groups is 1. The molecule has 7 heteroatoms. The maximum absolute atomic E-state index is 11.2. The van der Waals surface area contributed by atoms with Gasteiger partial charge in [-0.25, -0.2) is 0 Å². The normalized spacial score (nSPS) is 14.5. The van der Waals surface area contributed by atoms with Gasteiger partial charge in [-0.05, 0) is 25.0 Å². The van der Waals surface area contributed by atoms with E-state index in [9.17, 15) is 4.79 Å². The first-order chi connectivity index (χ1) is 10.7. The minimum atomic E-state index is -0.247. The number of primary amides is 1. The fraction of sp³-hybridized carbons (Fsp3) is 0.333. The fourth-order valence-electron chi connectivity index (χ4n) is 2.44. The summed E-state index contributed by atoms with van der Waals surface area (Å²) in [6.45, 7) is 1.44. The molecular formula is C15H16N6O. The molecule has 7 nitrogen and oxygen atoms in total. The van der Waals surface area contributed by atoms with E-state index in [-0.39, 0.29) is 17.5 Å². The summed E-state index contributed by atoms with van der Waals surface area (Å²) in [7, 11) is 0. The number of benzene rings is 1. The largest absolute Gasteiger partial charge is 0.370 e. The standard InChI is InChI=1S/C15H16N6O/c16-9-12(10-17)19-20-13-3-1-2-4-14(13)21-7-5-11(6-8-21)15(18)22/h1-4,11,20H,5-8H2,(H2,18,22). The number of hydrazone groups is 1. The van der Waals surface area contributed by atoms with Crippen LogP contribution >= 0.6 is 0 Å². The van der Waals surface area contributed by atoms with Crippen molar-refractivity contribution in [3.05, 3.63) is 24.3 Å². The number of amides is 1. The summed E-state index contributed by atoms with van der Waals surface area (Å²) in [5.41, 5.74) is 9.50. The zero-order chi connectivity index (χ0) is 15.9. The molecule has 0 radical (unpaired) electrons. The van der Waals surface area contributed by atoms with Gasteiger partial charge in [0.15, 0.2) is 0 Å². The van der Waals surface area contributed by atoms with Crippen LogP contribution in [0.2, 0.25) is 0 Å². The monoisotopic (exact) mass is 296 g/mol. The Balaban J connectivity index is 2.13. The van der Waals surface area contributed by atoms with Crippen molar-refractivity contribution in [1.29, 1.82) is 10.5 Å². The molecule has 0 unspecified atom stereocenters. The molecule has 2 rings (SSSR count). The zero-order valence-corrected chi connectivity index (χ0v) is 12.0. The number of nitriles is 2. The second kappa shape index (κ2) is 7.09. The van der Waals surface area contributed by atoms with Crippen LogP contribution in [0.25, 0.3) is 0 Å². The van der Waals surface area contributed by atoms with E-state index in [0.29, 0.717) is 18.5 Å². The highest BCUT2D eigenvalue weighted by atomic mass is 16.1. The molecule has 1 aliphatic heterocycles. The average molecular weight is 296 g/mol. The first-order valence-electron chi connectivity index (χ1n) is 6.93. The lowest BCUT2D eigenvalue weighted by molar-refractivity contribution is -0.122. The molecule has 0 aliphatic carbocycles. The second-order valence-electron chi connectivity index (χ2n) is 4.98. The van der Waals surface area contributed by atoms with E-state index < -0.39 is 0 Å². The minimum Gasteiger partial charge on any atom is -0.370 e. The first-order valence-corrected chi connectivity index (χ1v) is 6.93. The molecule has 1 aromatic carbocycles. The highest BCUT2D eigenvalue weighted by Gasteiger charge is 2.24. The van der Waals surface area contributed by atoms with Crippen molar-refractivity contribution in [1.82, 2.24) is 0 Å². The van der Waals surface area contributed by atoms with Gasteiger partial charge in [-0.2, -0.15) is 15.6 Å². The van der Waals surface area contributed by atoms with Crippen LogP contribution in [0.5, 0.6) is 0 Å². The molecule has 112 valence electrons. The minimum absolute atomic E-state index is 0.0711. The van der Waals surface area contributed by atoms with Gasteiger partial charge in [0, 0.05) is 19.0 Å². The van der Waals surface area contributed by atoms with Gasteiger partial charge in [0.2, 0.25) is 11.6 Å². The number of nitrogens with two attached hydrogens (primary N) is 1. The van der Waals surface area contributed by atoms with E-state index in [4.69, 9.17) is 16.3 Å². The summed E-state index contributed by atoms with van der Waals surface area (Å²) in [5.74, 6) is -0.318. The molecule has 22 heavy (non-hydrogen) atoms. The number of para-hydroxylation sites is 2. The topological polar surface area (TPSA) is 118 Å². The maximum Gasteiger partial charge on any atom is 0.237 e. The first kappa shape index (κ1) is 15.3. The summed E-state index contributed by atoms with van der Waals surface area (Å²) in [6.07, 6.45) is 1.43. The summed E-state index contributed by atoms with van der Waals surface area (Å²) in [5, 5.41) is 21.2. The number of nitrogens with one attached hydrogen (secondary N) is 1. The number of nitrogens with zero attached hydrogens (tertiary/aromatic N) is 4. The number of hydrogen-bond acceptors (Lipinski definition) is 6. The molecule has 0 spiro atoms. The summed E-state index contributed by atoms with van der Waals surface area (Å²) >= 11 is 0. The molecule has 1 aliphatic rings. The molecule has 0 aromatic heterocycles. The number of piperidine rings is 1. The number of hydrogen-bond donors (Lipinski definition) is 2. The zero-order valence-electron chi connectivity index (χ0n) is 12.0. The van der Waals surface area contributed by atoms with Crippen LogP contribution < -0.4 is 16.1 Å². The van der Waals surface area contributed by atoms with E-state index in [1.165, 1.54) is 0 Å². The number of rotatable bonds is 4. The van der Waals surface area contributed by atoms with Crippen molar-refractivity contribution in [2.45, 2.75) is 12.8 Å². The van der Waals surface area contributed by atoms with Gasteiger partial charge < -0.3 is 10.6 Å². The van der Waals surface area contributed by atoms with Crippen molar-refractivity contribution < 1.29 is 4.79 Å². The quantitative estimate of drug-likeness (QED) is 0.639. The molecule has 0 atom stereocenters. The molecule has 1 saturated heterocycles. The fourth-order valence-corrected chi connectivity index (χ4v) is 2.44. The predicted octanol–water partition coefficient (Wildman–Crippen LogP) is 1.20. The lowest BCUT2D eigenvalue weighted by atomic mass is 9.96. The van der Waals surface area contributed by atoms with Crippen LogP contribution in [0, 0.1) is 28.6 Å². The van der Waals surface area contributed by atoms with Crippen LogP contribution in [0.15, 0.2) is 29.4 Å². The second-order valence-corrected chi connectivity index (χ2v) is 4.98. The predicted molar refractivity (Wildman–Crippen MR) is 82.9 cm³/mol. The summed E-state index contributed by atoms with van der Waals surface area (Å²) in [4.78, 5) is 13.4. The van der Waals surface area contributed by atoms with Gasteiger partial charge in [-0.15, -0.1) is 0 Å². The Morgan fingerprint density at radius 1 is 1.27 bits per heavy atom. The molecule has 1 heterocycles. The van der Waals surface area contributed by atoms with Crippen LogP contribution in [-0.2, 0) is 4.79 Å². The van der Waals surface area contributed by atoms with E-state index >= 15 is 0 Å². The van der Waals surface area contributed by atoms with Crippen molar-refractivity contribution in [2.24, 2.45) is 16.8 Å². The van der Waals surface area contributed by atoms with E-state index in [1.807, 2.05) is 24.3 Å². The number of anilines is 2. The molecule has 1 amide bonds. The summed E-state index contributed by atoms with van der Waals surface area (Å²) < 4.78 is 0. The third-order valence-corrected chi connectivity index (χ3v) is 3.64. The van der Waals surface area contributed by atoms with Crippen molar-refractivity contribution in [3.8, 4) is 12.1 Å². The van der Waals surface area contributed by atoms with E-state index in [0.717, 1.165) is 18.8 Å². The Morgan fingerprint density at radius 3 is 2.50 bits per heavy atom. The highest BCUT2D eigenvalue weighted by Crippen LogP contribution is 2.29. The Bertz CT molecular complexity index is 645. The van der Waals surface area contributed by atoms with E-state index in [1.54, 1.807) is 12.1 Å². The van der Waals surface area contributed by atoms with Crippen molar-refractivity contribution in [2.75, 3.05) is 23.4 Å².